The summed E-state index contributed by atoms with van der Waals surface area (Å²) in [7, 11) is 0. The lowest BCUT2D eigenvalue weighted by molar-refractivity contribution is -0.144. The van der Waals surface area contributed by atoms with Crippen LogP contribution >= 0.6 is 0 Å². The molecule has 0 amide bonds. The van der Waals surface area contributed by atoms with Gasteiger partial charge in [-0.1, -0.05) is 39.0 Å². The molecule has 1 saturated heterocycles. The molecular formula is C13H20O4. The first kappa shape index (κ1) is 13.9. The fourth-order valence-electron chi connectivity index (χ4n) is 1.98. The number of carbonyl (C=O) groups excluding carboxylic acids is 3. The predicted octanol–water partition coefficient (Wildman–Crippen LogP) is 2.05. The van der Waals surface area contributed by atoms with Crippen LogP contribution in [-0.2, 0) is 19.1 Å². The molecule has 1 atom stereocenters. The number of Topliss-reactive ketones (excluding diaryl/α,β-unsaturated/α-hetero) is 2. The average molecular weight is 240 g/mol. The van der Waals surface area contributed by atoms with Crippen LogP contribution in [0.25, 0.3) is 0 Å². The van der Waals surface area contributed by atoms with Crippen molar-refractivity contribution in [2.45, 2.75) is 51.9 Å². The van der Waals surface area contributed by atoms with Gasteiger partial charge in [0.05, 0.1) is 0 Å². The standard InChI is InChI=1S/C13H20O4/c1-2-3-4-5-6-7-8-10(14)12-11(15)9-17-13(12)16/h12H,2-9H2,1H3. The van der Waals surface area contributed by atoms with E-state index in [1.54, 1.807) is 0 Å². The van der Waals surface area contributed by atoms with Gasteiger partial charge in [0.2, 0.25) is 0 Å². The minimum absolute atomic E-state index is 0.230. The van der Waals surface area contributed by atoms with Crippen LogP contribution in [0.2, 0.25) is 0 Å². The van der Waals surface area contributed by atoms with Crippen molar-refractivity contribution < 1.29 is 19.1 Å². The van der Waals surface area contributed by atoms with Crippen molar-refractivity contribution in [2.75, 3.05) is 6.61 Å². The number of hydrogen-bond acceptors (Lipinski definition) is 4. The molecule has 4 heteroatoms. The maximum atomic E-state index is 11.6. The summed E-state index contributed by atoms with van der Waals surface area (Å²) >= 11 is 0. The number of esters is 1. The second-order valence-electron chi connectivity index (χ2n) is 4.49. The number of rotatable bonds is 8. The summed E-state index contributed by atoms with van der Waals surface area (Å²) in [5.41, 5.74) is 0. The lowest BCUT2D eigenvalue weighted by Crippen LogP contribution is -2.25. The molecule has 1 unspecified atom stereocenters. The lowest BCUT2D eigenvalue weighted by Gasteiger charge is -2.03. The van der Waals surface area contributed by atoms with Gasteiger partial charge in [0.15, 0.2) is 24.1 Å². The normalized spacial score (nSPS) is 19.5. The highest BCUT2D eigenvalue weighted by Crippen LogP contribution is 2.16. The Morgan fingerprint density at radius 3 is 2.41 bits per heavy atom. The molecule has 0 aromatic carbocycles. The van der Waals surface area contributed by atoms with Gasteiger partial charge in [-0.2, -0.15) is 0 Å². The van der Waals surface area contributed by atoms with E-state index in [-0.39, 0.29) is 18.2 Å². The van der Waals surface area contributed by atoms with Crippen molar-refractivity contribution >= 4 is 17.5 Å². The van der Waals surface area contributed by atoms with Crippen LogP contribution in [0.5, 0.6) is 0 Å². The van der Waals surface area contributed by atoms with Gasteiger partial charge in [0.25, 0.3) is 0 Å². The van der Waals surface area contributed by atoms with Gasteiger partial charge in [0, 0.05) is 6.42 Å². The SMILES string of the molecule is CCCCCCCCC(=O)C1C(=O)COC1=O. The Kier molecular flexibility index (Phi) is 5.87. The first-order valence-corrected chi connectivity index (χ1v) is 6.39. The van der Waals surface area contributed by atoms with Crippen LogP contribution in [0.15, 0.2) is 0 Å². The van der Waals surface area contributed by atoms with Crippen LogP contribution in [0.4, 0.5) is 0 Å². The van der Waals surface area contributed by atoms with Crippen LogP contribution in [0.3, 0.4) is 0 Å². The molecule has 0 aromatic rings. The topological polar surface area (TPSA) is 60.4 Å². The summed E-state index contributed by atoms with van der Waals surface area (Å²) in [4.78, 5) is 34.0. The first-order valence-electron chi connectivity index (χ1n) is 6.39. The van der Waals surface area contributed by atoms with E-state index in [0.29, 0.717) is 6.42 Å². The zero-order chi connectivity index (χ0) is 12.7. The molecule has 1 heterocycles. The number of ether oxygens (including phenoxy) is 1. The Morgan fingerprint density at radius 2 is 1.82 bits per heavy atom. The summed E-state index contributed by atoms with van der Waals surface area (Å²) in [6.07, 6.45) is 6.79. The van der Waals surface area contributed by atoms with Crippen LogP contribution < -0.4 is 0 Å². The summed E-state index contributed by atoms with van der Waals surface area (Å²) in [6, 6.07) is 0. The monoisotopic (exact) mass is 240 g/mol. The third kappa shape index (κ3) is 4.29. The van der Waals surface area contributed by atoms with E-state index in [1.165, 1.54) is 19.3 Å². The molecule has 0 spiro atoms. The summed E-state index contributed by atoms with van der Waals surface area (Å²) in [6.45, 7) is 1.92. The van der Waals surface area contributed by atoms with Gasteiger partial charge in [-0.15, -0.1) is 0 Å². The first-order chi connectivity index (χ1) is 8.16. The Labute approximate surface area is 102 Å². The minimum atomic E-state index is -1.12. The predicted molar refractivity (Wildman–Crippen MR) is 62.5 cm³/mol. The van der Waals surface area contributed by atoms with Crippen molar-refractivity contribution in [2.24, 2.45) is 5.92 Å². The molecule has 1 rings (SSSR count). The van der Waals surface area contributed by atoms with E-state index in [4.69, 9.17) is 0 Å². The van der Waals surface area contributed by atoms with Crippen molar-refractivity contribution in [1.29, 1.82) is 0 Å². The molecule has 96 valence electrons. The number of carbonyl (C=O) groups is 3. The summed E-state index contributed by atoms with van der Waals surface area (Å²) < 4.78 is 4.55. The van der Waals surface area contributed by atoms with E-state index < -0.39 is 11.9 Å². The van der Waals surface area contributed by atoms with Crippen LogP contribution in [0.1, 0.15) is 51.9 Å². The fraction of sp³-hybridized carbons (Fsp3) is 0.769. The largest absolute Gasteiger partial charge is 0.457 e. The zero-order valence-electron chi connectivity index (χ0n) is 10.4. The van der Waals surface area contributed by atoms with Crippen LogP contribution in [-0.4, -0.2) is 24.1 Å². The van der Waals surface area contributed by atoms with Gasteiger partial charge in [-0.05, 0) is 6.42 Å². The molecule has 0 aliphatic carbocycles. The second-order valence-corrected chi connectivity index (χ2v) is 4.49. The maximum absolute atomic E-state index is 11.6. The van der Waals surface area contributed by atoms with Crippen molar-refractivity contribution in [3.8, 4) is 0 Å². The Hall–Kier alpha value is -1.19. The fourth-order valence-corrected chi connectivity index (χ4v) is 1.98. The van der Waals surface area contributed by atoms with Crippen LogP contribution in [0, 0.1) is 5.92 Å². The third-order valence-corrected chi connectivity index (χ3v) is 3.01. The average Bonchev–Trinajstić information content (AvgIpc) is 2.63. The van der Waals surface area contributed by atoms with Crippen molar-refractivity contribution in [3.05, 3.63) is 0 Å². The number of unbranched alkanes of at least 4 members (excludes halogenated alkanes) is 5. The van der Waals surface area contributed by atoms with Gasteiger partial charge in [-0.25, -0.2) is 0 Å². The smallest absolute Gasteiger partial charge is 0.324 e. The lowest BCUT2D eigenvalue weighted by atomic mass is 9.96. The summed E-state index contributed by atoms with van der Waals surface area (Å²) in [5, 5.41) is 0. The molecule has 0 bridgehead atoms. The van der Waals surface area contributed by atoms with E-state index in [2.05, 4.69) is 11.7 Å². The van der Waals surface area contributed by atoms with Crippen molar-refractivity contribution in [3.63, 3.8) is 0 Å². The highest BCUT2D eigenvalue weighted by atomic mass is 16.5. The molecule has 4 nitrogen and oxygen atoms in total. The molecule has 1 fully saturated rings. The zero-order valence-corrected chi connectivity index (χ0v) is 10.4. The third-order valence-electron chi connectivity index (χ3n) is 3.01. The maximum Gasteiger partial charge on any atom is 0.324 e. The molecule has 1 aliphatic rings. The second kappa shape index (κ2) is 7.20. The van der Waals surface area contributed by atoms with Gasteiger partial charge >= 0.3 is 5.97 Å². The number of ketones is 2. The Morgan fingerprint density at radius 1 is 1.18 bits per heavy atom. The van der Waals surface area contributed by atoms with E-state index in [0.717, 1.165) is 19.3 Å². The van der Waals surface area contributed by atoms with Gasteiger partial charge in [-0.3, -0.25) is 14.4 Å². The van der Waals surface area contributed by atoms with E-state index in [9.17, 15) is 14.4 Å². The Bertz CT molecular complexity index is 280. The molecule has 17 heavy (non-hydrogen) atoms. The highest BCUT2D eigenvalue weighted by Gasteiger charge is 2.40. The quantitative estimate of drug-likeness (QED) is 0.370. The van der Waals surface area contributed by atoms with Gasteiger partial charge < -0.3 is 4.74 Å². The van der Waals surface area contributed by atoms with E-state index >= 15 is 0 Å². The number of hydrogen-bond donors (Lipinski definition) is 0. The molecular weight excluding hydrogens is 220 g/mol. The molecule has 0 aromatic heterocycles. The minimum Gasteiger partial charge on any atom is -0.457 e. The van der Waals surface area contributed by atoms with Gasteiger partial charge in [0.1, 0.15) is 0 Å². The molecule has 1 aliphatic heterocycles. The summed E-state index contributed by atoms with van der Waals surface area (Å²) in [5.74, 6) is -2.43. The molecule has 0 radical (unpaired) electrons. The number of cyclic esters (lactones) is 1. The Balaban J connectivity index is 2.17. The molecule has 0 saturated carbocycles. The molecule has 0 N–H and O–H groups in total. The van der Waals surface area contributed by atoms with E-state index in [1.807, 2.05) is 0 Å². The van der Waals surface area contributed by atoms with Crippen molar-refractivity contribution in [1.82, 2.24) is 0 Å². The highest BCUT2D eigenvalue weighted by molar-refractivity contribution is 6.20.